The quantitative estimate of drug-likeness (QED) is 0.478. The average molecular weight is 386 g/mol. The Morgan fingerprint density at radius 3 is 2.83 bits per heavy atom. The molecule has 0 amide bonds. The summed E-state index contributed by atoms with van der Waals surface area (Å²) in [5.74, 6) is 0.644. The molecule has 0 spiro atoms. The Hall–Kier alpha value is -3.68. The molecule has 5 aromatic rings. The van der Waals surface area contributed by atoms with E-state index in [1.54, 1.807) is 4.68 Å². The topological polar surface area (TPSA) is 88.7 Å². The third-order valence-electron chi connectivity index (χ3n) is 5.27. The molecule has 5 aromatic heterocycles. The van der Waals surface area contributed by atoms with Gasteiger partial charge in [-0.25, -0.2) is 9.50 Å². The first-order valence-electron chi connectivity index (χ1n) is 9.70. The van der Waals surface area contributed by atoms with E-state index in [2.05, 4.69) is 56.4 Å². The zero-order valence-electron chi connectivity index (χ0n) is 16.6. The number of hydrogen-bond acceptors (Lipinski definition) is 5. The molecule has 2 N–H and O–H groups in total. The summed E-state index contributed by atoms with van der Waals surface area (Å²) in [5, 5.41) is 13.1. The van der Waals surface area contributed by atoms with Crippen LogP contribution in [0.4, 0.5) is 5.95 Å². The summed E-state index contributed by atoms with van der Waals surface area (Å²) < 4.78 is 3.68. The highest BCUT2D eigenvalue weighted by Crippen LogP contribution is 2.31. The molecule has 0 aliphatic rings. The van der Waals surface area contributed by atoms with E-state index in [1.165, 1.54) is 0 Å². The van der Waals surface area contributed by atoms with Gasteiger partial charge in [0.25, 0.3) is 0 Å². The summed E-state index contributed by atoms with van der Waals surface area (Å²) in [4.78, 5) is 12.4. The minimum absolute atomic E-state index is 0.331. The fourth-order valence-corrected chi connectivity index (χ4v) is 3.47. The number of aromatic nitrogens is 7. The molecule has 1 atom stereocenters. The van der Waals surface area contributed by atoms with Gasteiger partial charge in [-0.2, -0.15) is 15.2 Å². The number of fused-ring (bicyclic) bond motifs is 2. The molecular formula is C21H22N8. The fraction of sp³-hybridized carbons (Fsp3) is 0.238. The lowest BCUT2D eigenvalue weighted by Crippen LogP contribution is -2.15. The van der Waals surface area contributed by atoms with Crippen molar-refractivity contribution < 1.29 is 0 Å². The smallest absolute Gasteiger partial charge is 0.224 e. The predicted octanol–water partition coefficient (Wildman–Crippen LogP) is 3.88. The third-order valence-corrected chi connectivity index (χ3v) is 5.27. The summed E-state index contributed by atoms with van der Waals surface area (Å²) in [6.07, 6.45) is 12.6. The second-order valence-electron chi connectivity index (χ2n) is 7.32. The monoisotopic (exact) mass is 386 g/mol. The van der Waals surface area contributed by atoms with Gasteiger partial charge in [-0.15, -0.1) is 0 Å². The Kier molecular flexibility index (Phi) is 4.04. The number of aromatic amines is 1. The molecular weight excluding hydrogens is 364 g/mol. The molecule has 8 nitrogen and oxygen atoms in total. The number of anilines is 1. The van der Waals surface area contributed by atoms with Crippen LogP contribution in [-0.4, -0.2) is 40.4 Å². The van der Waals surface area contributed by atoms with E-state index in [-0.39, 0.29) is 0 Å². The summed E-state index contributed by atoms with van der Waals surface area (Å²) in [6, 6.07) is 4.53. The fourth-order valence-electron chi connectivity index (χ4n) is 3.47. The molecule has 0 aliphatic heterocycles. The maximum Gasteiger partial charge on any atom is 0.224 e. The maximum atomic E-state index is 4.62. The number of nitrogens with one attached hydrogen (secondary N) is 2. The molecule has 8 heteroatoms. The van der Waals surface area contributed by atoms with Gasteiger partial charge in [-0.1, -0.05) is 6.92 Å². The lowest BCUT2D eigenvalue weighted by molar-refractivity contribution is 0.754. The Morgan fingerprint density at radius 2 is 2.03 bits per heavy atom. The van der Waals surface area contributed by atoms with Gasteiger partial charge in [0.15, 0.2) is 0 Å². The second kappa shape index (κ2) is 6.73. The van der Waals surface area contributed by atoms with Crippen molar-refractivity contribution in [2.75, 3.05) is 5.32 Å². The van der Waals surface area contributed by atoms with Gasteiger partial charge >= 0.3 is 0 Å². The van der Waals surface area contributed by atoms with Crippen LogP contribution in [-0.2, 0) is 7.05 Å². The van der Waals surface area contributed by atoms with Crippen LogP contribution in [0.3, 0.4) is 0 Å². The summed E-state index contributed by atoms with van der Waals surface area (Å²) >= 11 is 0. The van der Waals surface area contributed by atoms with Crippen molar-refractivity contribution in [3.05, 3.63) is 49.3 Å². The zero-order chi connectivity index (χ0) is 20.0. The van der Waals surface area contributed by atoms with Gasteiger partial charge < -0.3 is 10.3 Å². The number of hydrogen-bond donors (Lipinski definition) is 2. The molecule has 0 aliphatic carbocycles. The SMILES string of the molecule is CC[C@H](C)Nc1ncc2c(-c3ccn4ncc(-c5cnn(C)c5)c4c3)c[nH]c2n1. The van der Waals surface area contributed by atoms with Gasteiger partial charge in [0.2, 0.25) is 5.95 Å². The molecule has 0 radical (unpaired) electrons. The van der Waals surface area contributed by atoms with Gasteiger partial charge in [0, 0.05) is 60.0 Å². The van der Waals surface area contributed by atoms with Crippen molar-refractivity contribution in [2.45, 2.75) is 26.3 Å². The Bertz CT molecular complexity index is 1310. The van der Waals surface area contributed by atoms with E-state index in [0.29, 0.717) is 12.0 Å². The van der Waals surface area contributed by atoms with Crippen LogP contribution in [0.5, 0.6) is 0 Å². The Morgan fingerprint density at radius 1 is 1.14 bits per heavy atom. The van der Waals surface area contributed by atoms with Crippen LogP contribution in [0.1, 0.15) is 20.3 Å². The van der Waals surface area contributed by atoms with Crippen molar-refractivity contribution in [3.8, 4) is 22.3 Å². The lowest BCUT2D eigenvalue weighted by atomic mass is 10.1. The highest BCUT2D eigenvalue weighted by Gasteiger charge is 2.13. The van der Waals surface area contributed by atoms with Gasteiger partial charge in [-0.05, 0) is 31.0 Å². The molecule has 0 fully saturated rings. The van der Waals surface area contributed by atoms with Crippen molar-refractivity contribution in [1.29, 1.82) is 0 Å². The van der Waals surface area contributed by atoms with Crippen LogP contribution in [0, 0.1) is 0 Å². The molecule has 29 heavy (non-hydrogen) atoms. The highest BCUT2D eigenvalue weighted by atomic mass is 15.2. The van der Waals surface area contributed by atoms with Gasteiger partial charge in [-0.3, -0.25) is 4.68 Å². The first kappa shape index (κ1) is 17.4. The predicted molar refractivity (Wildman–Crippen MR) is 114 cm³/mol. The number of nitrogens with zero attached hydrogens (tertiary/aromatic N) is 6. The third kappa shape index (κ3) is 3.02. The first-order valence-corrected chi connectivity index (χ1v) is 9.70. The molecule has 146 valence electrons. The van der Waals surface area contributed by atoms with Crippen molar-refractivity contribution in [3.63, 3.8) is 0 Å². The molecule has 0 unspecified atom stereocenters. The Labute approximate surface area is 167 Å². The summed E-state index contributed by atoms with van der Waals surface area (Å²) in [6.45, 7) is 4.25. The van der Waals surface area contributed by atoms with E-state index in [1.807, 2.05) is 48.7 Å². The zero-order valence-corrected chi connectivity index (χ0v) is 16.6. The van der Waals surface area contributed by atoms with Crippen molar-refractivity contribution in [1.82, 2.24) is 34.3 Å². The van der Waals surface area contributed by atoms with Crippen LogP contribution in [0.2, 0.25) is 0 Å². The number of H-pyrrole nitrogens is 1. The van der Waals surface area contributed by atoms with E-state index in [9.17, 15) is 0 Å². The van der Waals surface area contributed by atoms with Crippen molar-refractivity contribution in [2.24, 2.45) is 7.05 Å². The van der Waals surface area contributed by atoms with E-state index >= 15 is 0 Å². The van der Waals surface area contributed by atoms with Crippen LogP contribution in [0.25, 0.3) is 38.8 Å². The summed E-state index contributed by atoms with van der Waals surface area (Å²) in [5.41, 5.74) is 6.10. The van der Waals surface area contributed by atoms with Gasteiger partial charge in [0.05, 0.1) is 17.9 Å². The largest absolute Gasteiger partial charge is 0.352 e. The summed E-state index contributed by atoms with van der Waals surface area (Å²) in [7, 11) is 1.91. The van der Waals surface area contributed by atoms with E-state index in [4.69, 9.17) is 0 Å². The standard InChI is InChI=1S/C21H22N8/c1-4-13(2)26-21-23-10-18-16(9-22-20(18)27-21)14-5-6-29-19(7-14)17(11-25-29)15-8-24-28(3)12-15/h5-13H,4H2,1-3H3,(H2,22,23,26,27)/t13-/m0/s1. The van der Waals surface area contributed by atoms with E-state index < -0.39 is 0 Å². The van der Waals surface area contributed by atoms with Crippen LogP contribution < -0.4 is 5.32 Å². The molecule has 0 bridgehead atoms. The Balaban J connectivity index is 1.57. The minimum atomic E-state index is 0.331. The van der Waals surface area contributed by atoms with Crippen LogP contribution in [0.15, 0.2) is 49.3 Å². The first-order chi connectivity index (χ1) is 14.1. The molecule has 5 rings (SSSR count). The van der Waals surface area contributed by atoms with Crippen molar-refractivity contribution >= 4 is 22.5 Å². The highest BCUT2D eigenvalue weighted by molar-refractivity contribution is 5.95. The number of rotatable bonds is 5. The molecule has 0 saturated carbocycles. The lowest BCUT2D eigenvalue weighted by Gasteiger charge is -2.10. The van der Waals surface area contributed by atoms with Crippen LogP contribution >= 0.6 is 0 Å². The van der Waals surface area contributed by atoms with E-state index in [0.717, 1.165) is 45.2 Å². The normalized spacial score (nSPS) is 12.7. The second-order valence-corrected chi connectivity index (χ2v) is 7.32. The number of pyridine rings is 1. The molecule has 5 heterocycles. The number of aryl methyl sites for hydroxylation is 1. The minimum Gasteiger partial charge on any atom is -0.352 e. The molecule has 0 saturated heterocycles. The average Bonchev–Trinajstić information content (AvgIpc) is 3.44. The molecule has 0 aromatic carbocycles. The maximum absolute atomic E-state index is 4.62. The van der Waals surface area contributed by atoms with Gasteiger partial charge in [0.1, 0.15) is 5.65 Å².